The van der Waals surface area contributed by atoms with Crippen molar-refractivity contribution < 1.29 is 40.2 Å². The molecule has 10 heteroatoms. The smallest absolute Gasteiger partial charge is 0.370 e. The molecule has 0 amide bonds. The maximum Gasteiger partial charge on any atom is 0.370 e. The number of carboxylic acid groups (broad SMARTS) is 2. The van der Waals surface area contributed by atoms with Crippen LogP contribution in [0.15, 0.2) is 0 Å². The van der Waals surface area contributed by atoms with Gasteiger partial charge in [-0.25, -0.2) is 4.79 Å². The summed E-state index contributed by atoms with van der Waals surface area (Å²) in [6.07, 6.45) is -1.84. The van der Waals surface area contributed by atoms with Crippen LogP contribution in [-0.2, 0) is 9.59 Å². The molecule has 0 fully saturated rings. The van der Waals surface area contributed by atoms with Gasteiger partial charge in [-0.1, -0.05) is 0 Å². The number of carbonyl (C=O) groups is 2. The molecule has 6 N–H and O–H groups in total. The molecular formula is C6H10LiNaO8. The third-order valence-electron chi connectivity index (χ3n) is 1.54. The molecule has 0 aromatic rings. The topological polar surface area (TPSA) is 156 Å². The second kappa shape index (κ2) is 7.66. The number of carboxylic acids is 2. The van der Waals surface area contributed by atoms with Gasteiger partial charge >= 0.3 is 17.7 Å². The van der Waals surface area contributed by atoms with E-state index in [0.717, 1.165) is 0 Å². The number of rotatable bonds is 5. The number of aliphatic carboxylic acids is 2. The summed E-state index contributed by atoms with van der Waals surface area (Å²) in [5.74, 6) is -10.9. The molecule has 84 valence electrons. The molecule has 0 saturated heterocycles. The Hall–Kier alpha value is 0.377. The molecule has 16 heavy (non-hydrogen) atoms. The predicted molar refractivity (Wildman–Crippen MR) is 50.4 cm³/mol. The third kappa shape index (κ3) is 5.63. The minimum absolute atomic E-state index is 0. The van der Waals surface area contributed by atoms with Gasteiger partial charge < -0.3 is 30.6 Å². The van der Waals surface area contributed by atoms with Crippen LogP contribution in [0.3, 0.4) is 0 Å². The molecule has 0 aliphatic rings. The Kier molecular flexibility index (Phi) is 10.4. The van der Waals surface area contributed by atoms with Crippen LogP contribution >= 0.6 is 0 Å². The van der Waals surface area contributed by atoms with E-state index in [2.05, 4.69) is 0 Å². The molecule has 0 aliphatic carbocycles. The van der Waals surface area contributed by atoms with Crippen LogP contribution in [0.25, 0.3) is 0 Å². The van der Waals surface area contributed by atoms with Gasteiger partial charge in [0.15, 0.2) is 0 Å². The monoisotopic (exact) mass is 240 g/mol. The van der Waals surface area contributed by atoms with Crippen molar-refractivity contribution in [1.29, 1.82) is 0 Å². The summed E-state index contributed by atoms with van der Waals surface area (Å²) in [6, 6.07) is 0. The van der Waals surface area contributed by atoms with Crippen LogP contribution in [0.1, 0.15) is 12.8 Å². The molecule has 0 atom stereocenters. The molecular weight excluding hydrogens is 230 g/mol. The molecule has 2 radical (unpaired) electrons. The normalized spacial score (nSPS) is 11.0. The largest absolute Gasteiger partial charge is 0.481 e. The van der Waals surface area contributed by atoms with E-state index in [0.29, 0.717) is 0 Å². The Balaban J connectivity index is -0.000000845. The van der Waals surface area contributed by atoms with E-state index < -0.39 is 36.4 Å². The standard InChI is InChI=1S/C6H10O8.Li.Na/c7-3(8)1-2-5(11,12)6(13,14)4(9)10;;/h11-14H,1-2H2,(H,7,8)(H,9,10);;. The molecule has 0 spiro atoms. The summed E-state index contributed by atoms with van der Waals surface area (Å²) in [6.45, 7) is 0. The van der Waals surface area contributed by atoms with E-state index in [1.807, 2.05) is 0 Å². The fourth-order valence-corrected chi connectivity index (χ4v) is 0.627. The van der Waals surface area contributed by atoms with Crippen LogP contribution in [0, 0.1) is 0 Å². The molecule has 0 aromatic heterocycles. The zero-order valence-electron chi connectivity index (χ0n) is 8.91. The second-order valence-electron chi connectivity index (χ2n) is 2.69. The van der Waals surface area contributed by atoms with Crippen LogP contribution < -0.4 is 0 Å². The molecule has 8 nitrogen and oxygen atoms in total. The quantitative estimate of drug-likeness (QED) is 0.214. The first-order valence-corrected chi connectivity index (χ1v) is 3.46. The van der Waals surface area contributed by atoms with Crippen molar-refractivity contribution in [3.05, 3.63) is 0 Å². The second-order valence-corrected chi connectivity index (χ2v) is 2.69. The summed E-state index contributed by atoms with van der Waals surface area (Å²) in [5.41, 5.74) is 0. The van der Waals surface area contributed by atoms with Crippen LogP contribution in [0.2, 0.25) is 0 Å². The summed E-state index contributed by atoms with van der Waals surface area (Å²) in [7, 11) is 0. The zero-order chi connectivity index (χ0) is 11.6. The summed E-state index contributed by atoms with van der Waals surface area (Å²) in [5, 5.41) is 51.5. The average Bonchev–Trinajstić information content (AvgIpc) is 2.00. The average molecular weight is 240 g/mol. The molecule has 0 aliphatic heterocycles. The summed E-state index contributed by atoms with van der Waals surface area (Å²) >= 11 is 0. The van der Waals surface area contributed by atoms with Gasteiger partial charge in [0.2, 0.25) is 5.79 Å². The van der Waals surface area contributed by atoms with E-state index in [1.165, 1.54) is 0 Å². The van der Waals surface area contributed by atoms with Crippen LogP contribution in [0.5, 0.6) is 0 Å². The van der Waals surface area contributed by atoms with E-state index >= 15 is 0 Å². The SMILES string of the molecule is O=C(O)CCC(O)(O)C(O)(O)C(=O)O.[Li].[Na]. The van der Waals surface area contributed by atoms with Gasteiger partial charge in [-0.3, -0.25) is 4.79 Å². The fourth-order valence-electron chi connectivity index (χ4n) is 0.627. The first-order valence-electron chi connectivity index (χ1n) is 3.46. The van der Waals surface area contributed by atoms with Crippen molar-refractivity contribution in [2.45, 2.75) is 24.4 Å². The maximum atomic E-state index is 10.1. The Morgan fingerprint density at radius 1 is 1.00 bits per heavy atom. The van der Waals surface area contributed by atoms with Crippen LogP contribution in [-0.4, -0.2) is 103 Å². The minimum Gasteiger partial charge on any atom is -0.481 e. The van der Waals surface area contributed by atoms with Gasteiger partial charge in [-0.05, 0) is 0 Å². The van der Waals surface area contributed by atoms with E-state index in [9.17, 15) is 9.59 Å². The molecule has 0 saturated carbocycles. The molecule has 0 unspecified atom stereocenters. The first kappa shape index (κ1) is 21.6. The van der Waals surface area contributed by atoms with Gasteiger partial charge in [0.1, 0.15) is 0 Å². The predicted octanol–water partition coefficient (Wildman–Crippen LogP) is -3.46. The zero-order valence-corrected chi connectivity index (χ0v) is 10.9. The maximum absolute atomic E-state index is 10.1. The Bertz CT molecular complexity index is 253. The molecule has 0 heterocycles. The van der Waals surface area contributed by atoms with Crippen molar-refractivity contribution in [2.24, 2.45) is 0 Å². The van der Waals surface area contributed by atoms with Crippen molar-refractivity contribution in [1.82, 2.24) is 0 Å². The summed E-state index contributed by atoms with van der Waals surface area (Å²) in [4.78, 5) is 20.2. The van der Waals surface area contributed by atoms with Gasteiger partial charge in [0, 0.05) is 54.8 Å². The number of aliphatic hydroxyl groups is 4. The van der Waals surface area contributed by atoms with Gasteiger partial charge in [0.05, 0.1) is 6.42 Å². The molecule has 0 bridgehead atoms. The fraction of sp³-hybridized carbons (Fsp3) is 0.667. The van der Waals surface area contributed by atoms with Gasteiger partial charge in [-0.2, -0.15) is 0 Å². The van der Waals surface area contributed by atoms with Crippen molar-refractivity contribution in [2.75, 3.05) is 0 Å². The van der Waals surface area contributed by atoms with Crippen LogP contribution in [0.4, 0.5) is 0 Å². The van der Waals surface area contributed by atoms with Crippen molar-refractivity contribution in [3.63, 3.8) is 0 Å². The number of hydrogen-bond acceptors (Lipinski definition) is 6. The first-order chi connectivity index (χ1) is 6.11. The number of hydrogen-bond donors (Lipinski definition) is 6. The Labute approximate surface area is 124 Å². The van der Waals surface area contributed by atoms with E-state index in [-0.39, 0.29) is 48.4 Å². The van der Waals surface area contributed by atoms with Crippen molar-refractivity contribution in [3.8, 4) is 0 Å². The molecule has 0 rings (SSSR count). The van der Waals surface area contributed by atoms with E-state index in [4.69, 9.17) is 30.6 Å². The minimum atomic E-state index is -3.80. The Morgan fingerprint density at radius 2 is 1.38 bits per heavy atom. The van der Waals surface area contributed by atoms with E-state index in [1.54, 1.807) is 0 Å². The van der Waals surface area contributed by atoms with Gasteiger partial charge in [0.25, 0.3) is 0 Å². The van der Waals surface area contributed by atoms with Gasteiger partial charge in [-0.15, -0.1) is 0 Å². The molecule has 0 aromatic carbocycles. The van der Waals surface area contributed by atoms with Crippen molar-refractivity contribution >= 4 is 60.4 Å². The third-order valence-corrected chi connectivity index (χ3v) is 1.54. The summed E-state index contributed by atoms with van der Waals surface area (Å²) < 4.78 is 0. The Morgan fingerprint density at radius 3 is 1.62 bits per heavy atom.